The van der Waals surface area contributed by atoms with Crippen molar-refractivity contribution in [2.24, 2.45) is 5.92 Å². The fourth-order valence-corrected chi connectivity index (χ4v) is 2.78. The van der Waals surface area contributed by atoms with Gasteiger partial charge in [-0.05, 0) is 49.4 Å². The van der Waals surface area contributed by atoms with Crippen LogP contribution in [0.5, 0.6) is 5.75 Å². The minimum Gasteiger partial charge on any atom is -0.508 e. The van der Waals surface area contributed by atoms with Gasteiger partial charge in [-0.3, -0.25) is 4.79 Å². The summed E-state index contributed by atoms with van der Waals surface area (Å²) in [5, 5.41) is 12.5. The number of phenolic OH excluding ortho intramolecular Hbond substituents is 1. The summed E-state index contributed by atoms with van der Waals surface area (Å²) in [4.78, 5) is 11.9. The average Bonchev–Trinajstić information content (AvgIpc) is 2.86. The molecule has 0 spiro atoms. The monoisotopic (exact) mass is 261 g/mol. The Morgan fingerprint density at radius 1 is 1.26 bits per heavy atom. The van der Waals surface area contributed by atoms with Crippen molar-refractivity contribution in [2.45, 2.75) is 52.4 Å². The lowest BCUT2D eigenvalue weighted by molar-refractivity contribution is -0.116. The molecule has 0 aromatic heterocycles. The standard InChI is InChI=1S/C16H23NO2/c1-11-10-15(18)12(2)9-14(11)17-16(19)8-7-13-5-3-4-6-13/h9-10,13,18H,3-8H2,1-2H3,(H,17,19). The zero-order valence-electron chi connectivity index (χ0n) is 11.8. The Hall–Kier alpha value is -1.51. The SMILES string of the molecule is Cc1cc(NC(=O)CCC2CCCC2)c(C)cc1O. The lowest BCUT2D eigenvalue weighted by Crippen LogP contribution is -2.13. The van der Waals surface area contributed by atoms with Crippen molar-refractivity contribution in [3.8, 4) is 5.75 Å². The van der Waals surface area contributed by atoms with Gasteiger partial charge in [0, 0.05) is 12.1 Å². The number of hydrogen-bond acceptors (Lipinski definition) is 2. The zero-order valence-corrected chi connectivity index (χ0v) is 11.8. The summed E-state index contributed by atoms with van der Waals surface area (Å²) in [5.41, 5.74) is 2.50. The molecule has 2 N–H and O–H groups in total. The summed E-state index contributed by atoms with van der Waals surface area (Å²) in [6, 6.07) is 3.53. The quantitative estimate of drug-likeness (QED) is 0.807. The fraction of sp³-hybridized carbons (Fsp3) is 0.562. The van der Waals surface area contributed by atoms with E-state index in [9.17, 15) is 9.90 Å². The molecule has 1 aliphatic rings. The summed E-state index contributed by atoms with van der Waals surface area (Å²) in [5.74, 6) is 1.11. The van der Waals surface area contributed by atoms with Crippen molar-refractivity contribution in [3.63, 3.8) is 0 Å². The second-order valence-corrected chi connectivity index (χ2v) is 5.69. The molecular formula is C16H23NO2. The van der Waals surface area contributed by atoms with Gasteiger partial charge < -0.3 is 10.4 Å². The first kappa shape index (κ1) is 13.9. The van der Waals surface area contributed by atoms with E-state index < -0.39 is 0 Å². The molecule has 1 saturated carbocycles. The van der Waals surface area contributed by atoms with Crippen molar-refractivity contribution in [1.82, 2.24) is 0 Å². The Kier molecular flexibility index (Phi) is 4.46. The van der Waals surface area contributed by atoms with Crippen LogP contribution < -0.4 is 5.32 Å². The van der Waals surface area contributed by atoms with Crippen molar-refractivity contribution in [3.05, 3.63) is 23.3 Å². The molecule has 2 rings (SSSR count). The molecule has 0 aliphatic heterocycles. The minimum atomic E-state index is 0.0834. The number of hydrogen-bond donors (Lipinski definition) is 2. The Labute approximate surface area is 115 Å². The third-order valence-corrected chi connectivity index (χ3v) is 4.07. The highest BCUT2D eigenvalue weighted by Crippen LogP contribution is 2.29. The van der Waals surface area contributed by atoms with Crippen LogP contribution in [0, 0.1) is 19.8 Å². The van der Waals surface area contributed by atoms with Gasteiger partial charge in [0.05, 0.1) is 0 Å². The maximum Gasteiger partial charge on any atom is 0.224 e. The molecule has 1 aromatic carbocycles. The van der Waals surface area contributed by atoms with Crippen molar-refractivity contribution in [2.75, 3.05) is 5.32 Å². The van der Waals surface area contributed by atoms with Gasteiger partial charge in [-0.1, -0.05) is 25.7 Å². The summed E-state index contributed by atoms with van der Waals surface area (Å²) in [7, 11) is 0. The first-order chi connectivity index (χ1) is 9.06. The predicted octanol–water partition coefficient (Wildman–Crippen LogP) is 3.92. The van der Waals surface area contributed by atoms with Gasteiger partial charge in [0.2, 0.25) is 5.91 Å². The van der Waals surface area contributed by atoms with Gasteiger partial charge in [-0.2, -0.15) is 0 Å². The highest BCUT2D eigenvalue weighted by molar-refractivity contribution is 5.91. The molecule has 0 heterocycles. The number of rotatable bonds is 4. The predicted molar refractivity (Wildman–Crippen MR) is 77.4 cm³/mol. The van der Waals surface area contributed by atoms with Crippen LogP contribution in [0.2, 0.25) is 0 Å². The Morgan fingerprint density at radius 3 is 2.63 bits per heavy atom. The van der Waals surface area contributed by atoms with Gasteiger partial charge in [0.25, 0.3) is 0 Å². The van der Waals surface area contributed by atoms with Crippen LogP contribution in [0.1, 0.15) is 49.7 Å². The number of benzene rings is 1. The highest BCUT2D eigenvalue weighted by Gasteiger charge is 2.16. The molecule has 0 atom stereocenters. The van der Waals surface area contributed by atoms with E-state index in [-0.39, 0.29) is 11.7 Å². The molecule has 104 valence electrons. The number of anilines is 1. The molecule has 3 heteroatoms. The van der Waals surface area contributed by atoms with Crippen LogP contribution in [0.25, 0.3) is 0 Å². The van der Waals surface area contributed by atoms with E-state index in [1.807, 2.05) is 19.9 Å². The summed E-state index contributed by atoms with van der Waals surface area (Å²) >= 11 is 0. The number of amides is 1. The van der Waals surface area contributed by atoms with Crippen molar-refractivity contribution >= 4 is 11.6 Å². The van der Waals surface area contributed by atoms with Crippen LogP contribution >= 0.6 is 0 Å². The van der Waals surface area contributed by atoms with Crippen LogP contribution in [0.4, 0.5) is 5.69 Å². The number of aryl methyl sites for hydroxylation is 2. The number of carbonyl (C=O) groups excluding carboxylic acids is 1. The van der Waals surface area contributed by atoms with E-state index in [4.69, 9.17) is 0 Å². The molecular weight excluding hydrogens is 238 g/mol. The van der Waals surface area contributed by atoms with Gasteiger partial charge in [-0.15, -0.1) is 0 Å². The van der Waals surface area contributed by atoms with Crippen LogP contribution in [-0.2, 0) is 4.79 Å². The highest BCUT2D eigenvalue weighted by atomic mass is 16.3. The third-order valence-electron chi connectivity index (χ3n) is 4.07. The van der Waals surface area contributed by atoms with Crippen LogP contribution in [-0.4, -0.2) is 11.0 Å². The molecule has 1 amide bonds. The zero-order chi connectivity index (χ0) is 13.8. The molecule has 1 aromatic rings. The average molecular weight is 261 g/mol. The molecule has 1 fully saturated rings. The Bertz CT molecular complexity index is 462. The van der Waals surface area contributed by atoms with Crippen molar-refractivity contribution in [1.29, 1.82) is 0 Å². The van der Waals surface area contributed by atoms with E-state index >= 15 is 0 Å². The maximum atomic E-state index is 11.9. The van der Waals surface area contributed by atoms with Gasteiger partial charge in [0.1, 0.15) is 5.75 Å². The van der Waals surface area contributed by atoms with Crippen LogP contribution in [0.3, 0.4) is 0 Å². The van der Waals surface area contributed by atoms with E-state index in [0.29, 0.717) is 6.42 Å². The maximum absolute atomic E-state index is 11.9. The van der Waals surface area contributed by atoms with Crippen LogP contribution in [0.15, 0.2) is 12.1 Å². The second-order valence-electron chi connectivity index (χ2n) is 5.69. The van der Waals surface area contributed by atoms with Crippen molar-refractivity contribution < 1.29 is 9.90 Å². The lowest BCUT2D eigenvalue weighted by Gasteiger charge is -2.12. The van der Waals surface area contributed by atoms with Gasteiger partial charge >= 0.3 is 0 Å². The largest absolute Gasteiger partial charge is 0.508 e. The fourth-order valence-electron chi connectivity index (χ4n) is 2.78. The second kappa shape index (κ2) is 6.09. The first-order valence-electron chi connectivity index (χ1n) is 7.16. The summed E-state index contributed by atoms with van der Waals surface area (Å²) in [6.45, 7) is 3.73. The molecule has 0 bridgehead atoms. The topological polar surface area (TPSA) is 49.3 Å². The minimum absolute atomic E-state index is 0.0834. The third kappa shape index (κ3) is 3.72. The molecule has 1 aliphatic carbocycles. The van der Waals surface area contributed by atoms with E-state index in [2.05, 4.69) is 5.32 Å². The van der Waals surface area contributed by atoms with E-state index in [1.165, 1.54) is 25.7 Å². The number of aromatic hydroxyl groups is 1. The molecule has 3 nitrogen and oxygen atoms in total. The Morgan fingerprint density at radius 2 is 1.95 bits per heavy atom. The smallest absolute Gasteiger partial charge is 0.224 e. The normalized spacial score (nSPS) is 15.7. The Balaban J connectivity index is 1.89. The molecule has 0 unspecified atom stereocenters. The number of phenols is 1. The number of carbonyl (C=O) groups is 1. The molecule has 0 radical (unpaired) electrons. The lowest BCUT2D eigenvalue weighted by atomic mass is 10.0. The van der Waals surface area contributed by atoms with E-state index in [1.54, 1.807) is 6.07 Å². The molecule has 19 heavy (non-hydrogen) atoms. The number of nitrogens with one attached hydrogen (secondary N) is 1. The summed E-state index contributed by atoms with van der Waals surface area (Å²) < 4.78 is 0. The van der Waals surface area contributed by atoms with E-state index in [0.717, 1.165) is 29.2 Å². The summed E-state index contributed by atoms with van der Waals surface area (Å²) in [6.07, 6.45) is 6.81. The van der Waals surface area contributed by atoms with Gasteiger partial charge in [0.15, 0.2) is 0 Å². The first-order valence-corrected chi connectivity index (χ1v) is 7.16. The van der Waals surface area contributed by atoms with Gasteiger partial charge in [-0.25, -0.2) is 0 Å². The molecule has 0 saturated heterocycles.